The van der Waals surface area contributed by atoms with E-state index in [9.17, 15) is 5.11 Å². The number of aliphatic hydroxyl groups excluding tert-OH is 1. The van der Waals surface area contributed by atoms with E-state index >= 15 is 0 Å². The van der Waals surface area contributed by atoms with Crippen molar-refractivity contribution in [3.8, 4) is 5.75 Å². The molecule has 2 atom stereocenters. The van der Waals surface area contributed by atoms with Gasteiger partial charge in [0.2, 0.25) is 0 Å². The van der Waals surface area contributed by atoms with E-state index < -0.39 is 0 Å². The highest BCUT2D eigenvalue weighted by Gasteiger charge is 2.47. The molecule has 4 heteroatoms. The van der Waals surface area contributed by atoms with Crippen LogP contribution in [-0.4, -0.2) is 49.5 Å². The Balaban J connectivity index is 1.48. The van der Waals surface area contributed by atoms with Gasteiger partial charge in [-0.25, -0.2) is 0 Å². The van der Waals surface area contributed by atoms with E-state index in [1.807, 2.05) is 0 Å². The molecule has 2 fully saturated rings. The summed E-state index contributed by atoms with van der Waals surface area (Å²) < 4.78 is 11.2. The molecule has 3 aliphatic heterocycles. The van der Waals surface area contributed by atoms with Crippen molar-refractivity contribution in [2.75, 3.05) is 39.5 Å². The van der Waals surface area contributed by atoms with E-state index in [0.29, 0.717) is 12.5 Å². The van der Waals surface area contributed by atoms with Gasteiger partial charge in [0.1, 0.15) is 5.75 Å². The number of likely N-dealkylation sites (tertiary alicyclic amines) is 1. The van der Waals surface area contributed by atoms with Gasteiger partial charge in [0.05, 0.1) is 19.8 Å². The van der Waals surface area contributed by atoms with Crippen LogP contribution in [0.2, 0.25) is 0 Å². The van der Waals surface area contributed by atoms with Gasteiger partial charge in [-0.1, -0.05) is 12.1 Å². The normalized spacial score (nSPS) is 31.8. The van der Waals surface area contributed by atoms with Crippen LogP contribution in [0.3, 0.4) is 0 Å². The molecule has 0 aromatic heterocycles. The molecule has 1 N–H and O–H groups in total. The van der Waals surface area contributed by atoms with Crippen LogP contribution in [0.25, 0.3) is 0 Å². The molecule has 4 rings (SSSR count). The van der Waals surface area contributed by atoms with Gasteiger partial charge in [0.25, 0.3) is 0 Å². The van der Waals surface area contributed by atoms with Crippen molar-refractivity contribution < 1.29 is 14.6 Å². The molecule has 0 spiro atoms. The number of aliphatic hydroxyl groups is 1. The molecular weight excluding hydrogens is 266 g/mol. The largest absolute Gasteiger partial charge is 0.493 e. The van der Waals surface area contributed by atoms with Crippen LogP contribution in [0.5, 0.6) is 5.75 Å². The van der Waals surface area contributed by atoms with Crippen molar-refractivity contribution in [1.29, 1.82) is 0 Å². The lowest BCUT2D eigenvalue weighted by Crippen LogP contribution is -2.42. The van der Waals surface area contributed by atoms with Gasteiger partial charge in [-0.15, -0.1) is 0 Å². The SMILES string of the molecule is OC[C@]12COCC[C@H]1CN(Cc1ccc3c(c1)CCO3)C2. The Kier molecular flexibility index (Phi) is 3.40. The molecule has 21 heavy (non-hydrogen) atoms. The molecule has 3 heterocycles. The first kappa shape index (κ1) is 13.6. The average molecular weight is 289 g/mol. The van der Waals surface area contributed by atoms with E-state index in [-0.39, 0.29) is 12.0 Å². The standard InChI is InChI=1S/C17H23NO3/c19-11-17-10-18(9-15(17)4-5-20-12-17)8-13-1-2-16-14(7-13)3-6-21-16/h1-2,7,15,19H,3-6,8-12H2/t15-,17+/m0/s1. The Hall–Kier alpha value is -1.10. The maximum atomic E-state index is 9.84. The van der Waals surface area contributed by atoms with Crippen LogP contribution < -0.4 is 4.74 Å². The lowest BCUT2D eigenvalue weighted by molar-refractivity contribution is -0.0561. The molecule has 3 aliphatic rings. The summed E-state index contributed by atoms with van der Waals surface area (Å²) in [6, 6.07) is 6.56. The Morgan fingerprint density at radius 2 is 2.29 bits per heavy atom. The summed E-state index contributed by atoms with van der Waals surface area (Å²) in [5, 5.41) is 9.84. The van der Waals surface area contributed by atoms with Crippen LogP contribution in [0.4, 0.5) is 0 Å². The van der Waals surface area contributed by atoms with Gasteiger partial charge in [-0.2, -0.15) is 0 Å². The minimum atomic E-state index is -0.0297. The summed E-state index contributed by atoms with van der Waals surface area (Å²) >= 11 is 0. The van der Waals surface area contributed by atoms with E-state index in [1.165, 1.54) is 11.1 Å². The highest BCUT2D eigenvalue weighted by atomic mass is 16.5. The molecule has 0 amide bonds. The smallest absolute Gasteiger partial charge is 0.122 e. The summed E-state index contributed by atoms with van der Waals surface area (Å²) in [5.41, 5.74) is 2.66. The predicted octanol–water partition coefficient (Wildman–Crippen LogP) is 1.45. The molecular formula is C17H23NO3. The van der Waals surface area contributed by atoms with Crippen molar-refractivity contribution >= 4 is 0 Å². The summed E-state index contributed by atoms with van der Waals surface area (Å²) in [4.78, 5) is 2.48. The van der Waals surface area contributed by atoms with E-state index in [4.69, 9.17) is 9.47 Å². The molecule has 114 valence electrons. The minimum absolute atomic E-state index is 0.0297. The molecule has 0 radical (unpaired) electrons. The number of hydrogen-bond donors (Lipinski definition) is 1. The van der Waals surface area contributed by atoms with Gasteiger partial charge in [0.15, 0.2) is 0 Å². The number of hydrogen-bond acceptors (Lipinski definition) is 4. The quantitative estimate of drug-likeness (QED) is 0.914. The van der Waals surface area contributed by atoms with Gasteiger partial charge < -0.3 is 14.6 Å². The molecule has 0 bridgehead atoms. The fourth-order valence-electron chi connectivity index (χ4n) is 4.15. The maximum absolute atomic E-state index is 9.84. The van der Waals surface area contributed by atoms with E-state index in [0.717, 1.165) is 51.4 Å². The molecule has 1 aromatic carbocycles. The van der Waals surface area contributed by atoms with E-state index in [2.05, 4.69) is 23.1 Å². The van der Waals surface area contributed by atoms with Gasteiger partial charge >= 0.3 is 0 Å². The zero-order chi connectivity index (χ0) is 14.3. The van der Waals surface area contributed by atoms with Crippen LogP contribution in [0.1, 0.15) is 17.5 Å². The first-order chi connectivity index (χ1) is 10.3. The van der Waals surface area contributed by atoms with Crippen LogP contribution in [0, 0.1) is 11.3 Å². The monoisotopic (exact) mass is 289 g/mol. The maximum Gasteiger partial charge on any atom is 0.122 e. The number of benzene rings is 1. The predicted molar refractivity (Wildman–Crippen MR) is 79.4 cm³/mol. The minimum Gasteiger partial charge on any atom is -0.493 e. The van der Waals surface area contributed by atoms with Crippen LogP contribution in [0.15, 0.2) is 18.2 Å². The zero-order valence-corrected chi connectivity index (χ0v) is 12.4. The van der Waals surface area contributed by atoms with Gasteiger partial charge in [-0.3, -0.25) is 4.90 Å². The fourth-order valence-corrected chi connectivity index (χ4v) is 4.15. The van der Waals surface area contributed by atoms with Crippen LogP contribution in [-0.2, 0) is 17.7 Å². The third kappa shape index (κ3) is 2.35. The number of fused-ring (bicyclic) bond motifs is 2. The lowest BCUT2D eigenvalue weighted by atomic mass is 9.76. The Bertz CT molecular complexity index is 533. The topological polar surface area (TPSA) is 41.9 Å². The Labute approximate surface area is 125 Å². The van der Waals surface area contributed by atoms with Gasteiger partial charge in [-0.05, 0) is 29.5 Å². The third-order valence-electron chi connectivity index (χ3n) is 5.36. The van der Waals surface area contributed by atoms with Crippen molar-refractivity contribution in [3.63, 3.8) is 0 Å². The van der Waals surface area contributed by atoms with Crippen molar-refractivity contribution in [2.45, 2.75) is 19.4 Å². The summed E-state index contributed by atoms with van der Waals surface area (Å²) in [6.07, 6.45) is 2.11. The second kappa shape index (κ2) is 5.27. The third-order valence-corrected chi connectivity index (χ3v) is 5.36. The number of rotatable bonds is 3. The van der Waals surface area contributed by atoms with Crippen molar-refractivity contribution in [1.82, 2.24) is 4.90 Å². The molecule has 4 nitrogen and oxygen atoms in total. The second-order valence-corrected chi connectivity index (χ2v) is 6.77. The van der Waals surface area contributed by atoms with Crippen molar-refractivity contribution in [2.24, 2.45) is 11.3 Å². The highest BCUT2D eigenvalue weighted by molar-refractivity contribution is 5.39. The van der Waals surface area contributed by atoms with Gasteiger partial charge in [0, 0.05) is 38.1 Å². The van der Waals surface area contributed by atoms with Crippen molar-refractivity contribution in [3.05, 3.63) is 29.3 Å². The summed E-state index contributed by atoms with van der Waals surface area (Å²) in [6.45, 7) is 5.60. The van der Waals surface area contributed by atoms with Crippen LogP contribution >= 0.6 is 0 Å². The van der Waals surface area contributed by atoms with E-state index in [1.54, 1.807) is 0 Å². The average Bonchev–Trinajstić information content (AvgIpc) is 3.10. The number of nitrogens with zero attached hydrogens (tertiary/aromatic N) is 1. The molecule has 0 saturated carbocycles. The zero-order valence-electron chi connectivity index (χ0n) is 12.4. The summed E-state index contributed by atoms with van der Waals surface area (Å²) in [7, 11) is 0. The molecule has 2 saturated heterocycles. The highest BCUT2D eigenvalue weighted by Crippen LogP contribution is 2.41. The molecule has 0 unspecified atom stereocenters. The fraction of sp³-hybridized carbons (Fsp3) is 0.647. The Morgan fingerprint density at radius 3 is 3.14 bits per heavy atom. The molecule has 1 aromatic rings. The second-order valence-electron chi connectivity index (χ2n) is 6.77. The molecule has 0 aliphatic carbocycles. The lowest BCUT2D eigenvalue weighted by Gasteiger charge is -2.36. The first-order valence-corrected chi connectivity index (χ1v) is 7.95. The summed E-state index contributed by atoms with van der Waals surface area (Å²) in [5.74, 6) is 1.63. The Morgan fingerprint density at radius 1 is 1.33 bits per heavy atom. The first-order valence-electron chi connectivity index (χ1n) is 7.95. The number of ether oxygens (including phenoxy) is 2.